The number of aromatic nitrogens is 4. The predicted molar refractivity (Wildman–Crippen MR) is 138 cm³/mol. The monoisotopic (exact) mass is 500 g/mol. The Morgan fingerprint density at radius 1 is 1.17 bits per heavy atom. The average molecular weight is 501 g/mol. The normalized spacial score (nSPS) is 14.2. The molecule has 2 aromatic heterocycles. The molecule has 1 atom stereocenters. The van der Waals surface area contributed by atoms with Crippen molar-refractivity contribution in [2.45, 2.75) is 84.6 Å². The first-order valence-corrected chi connectivity index (χ1v) is 12.4. The highest BCUT2D eigenvalue weighted by molar-refractivity contribution is 5.85. The lowest BCUT2D eigenvalue weighted by Gasteiger charge is -2.17. The molecular weight excluding hydrogens is 464 g/mol. The van der Waals surface area contributed by atoms with Crippen molar-refractivity contribution in [3.05, 3.63) is 52.5 Å². The molecular formula is C27H37ClN4O3. The van der Waals surface area contributed by atoms with Gasteiger partial charge in [-0.05, 0) is 56.6 Å². The largest absolute Gasteiger partial charge is 0.396 e. The molecule has 35 heavy (non-hydrogen) atoms. The molecule has 0 bridgehead atoms. The van der Waals surface area contributed by atoms with E-state index in [0.717, 1.165) is 48.4 Å². The summed E-state index contributed by atoms with van der Waals surface area (Å²) in [5.74, 6) is 2.88. The molecule has 1 fully saturated rings. The second kappa shape index (κ2) is 12.0. The van der Waals surface area contributed by atoms with E-state index in [2.05, 4.69) is 46.8 Å². The van der Waals surface area contributed by atoms with Gasteiger partial charge in [-0.25, -0.2) is 0 Å². The minimum atomic E-state index is -0.183. The molecule has 1 aliphatic rings. The summed E-state index contributed by atoms with van der Waals surface area (Å²) in [7, 11) is 0. The van der Waals surface area contributed by atoms with E-state index in [4.69, 9.17) is 4.52 Å². The number of rotatable bonds is 12. The number of nitrogens with zero attached hydrogens (tertiary/aromatic N) is 4. The third-order valence-corrected chi connectivity index (χ3v) is 6.59. The summed E-state index contributed by atoms with van der Waals surface area (Å²) in [5.41, 5.74) is 4.07. The van der Waals surface area contributed by atoms with Crippen molar-refractivity contribution >= 4 is 18.2 Å². The Labute approximate surface area is 213 Å². The van der Waals surface area contributed by atoms with Crippen LogP contribution in [0.5, 0.6) is 0 Å². The number of aliphatic hydroxyl groups excluding tert-OH is 1. The zero-order chi connectivity index (χ0) is 24.2. The van der Waals surface area contributed by atoms with Gasteiger partial charge in [-0.1, -0.05) is 42.8 Å². The first kappa shape index (κ1) is 27.1. The van der Waals surface area contributed by atoms with E-state index in [0.29, 0.717) is 42.7 Å². The number of carbonyl (C=O) groups is 1. The van der Waals surface area contributed by atoms with Crippen LogP contribution in [0.2, 0.25) is 0 Å². The SMILES string of the molecule is Cc1ccc(CC(=O)C[C@H](CCO)c2nnc(-c3cc(CCC(C)C)on3)n2C2CC2)c(C)c1.Cl. The van der Waals surface area contributed by atoms with Crippen LogP contribution in [0.4, 0.5) is 0 Å². The minimum Gasteiger partial charge on any atom is -0.396 e. The van der Waals surface area contributed by atoms with Crippen LogP contribution in [0.3, 0.4) is 0 Å². The lowest BCUT2D eigenvalue weighted by atomic mass is 9.93. The van der Waals surface area contributed by atoms with E-state index >= 15 is 0 Å². The highest BCUT2D eigenvalue weighted by Gasteiger charge is 2.34. The molecule has 0 amide bonds. The molecule has 4 rings (SSSR count). The standard InChI is InChI=1S/C27H36N4O3.ClH/c1-17(2)5-10-24-16-25(30-34-24)27-29-28-26(31(27)22-8-9-22)21(11-12-32)15-23(33)14-20-7-6-18(3)13-19(20)4;/h6-7,13,16-17,21-22,32H,5,8-12,14-15H2,1-4H3;1H/t21-;/m0./s1. The van der Waals surface area contributed by atoms with Crippen LogP contribution in [0.25, 0.3) is 11.5 Å². The molecule has 8 heteroatoms. The highest BCUT2D eigenvalue weighted by atomic mass is 35.5. The molecule has 0 radical (unpaired) electrons. The number of ketones is 1. The number of hydrogen-bond acceptors (Lipinski definition) is 6. The number of aryl methyl sites for hydroxylation is 3. The zero-order valence-electron chi connectivity index (χ0n) is 21.2. The van der Waals surface area contributed by atoms with Gasteiger partial charge in [0.05, 0.1) is 0 Å². The van der Waals surface area contributed by atoms with Crippen LogP contribution in [0.1, 0.15) is 86.2 Å². The molecule has 0 saturated heterocycles. The van der Waals surface area contributed by atoms with Gasteiger partial charge in [0, 0.05) is 43.9 Å². The topological polar surface area (TPSA) is 94.0 Å². The third-order valence-electron chi connectivity index (χ3n) is 6.59. The Morgan fingerprint density at radius 2 is 1.94 bits per heavy atom. The molecule has 1 aliphatic carbocycles. The van der Waals surface area contributed by atoms with Gasteiger partial charge in [0.15, 0.2) is 11.5 Å². The van der Waals surface area contributed by atoms with Gasteiger partial charge >= 0.3 is 0 Å². The van der Waals surface area contributed by atoms with Crippen LogP contribution >= 0.6 is 12.4 Å². The second-order valence-corrected chi connectivity index (χ2v) is 10.2. The number of Topliss-reactive ketones (excluding diaryl/α,β-unsaturated/α-hetero) is 1. The van der Waals surface area contributed by atoms with Crippen molar-refractivity contribution in [2.24, 2.45) is 5.92 Å². The van der Waals surface area contributed by atoms with Crippen molar-refractivity contribution in [3.63, 3.8) is 0 Å². The summed E-state index contributed by atoms with van der Waals surface area (Å²) < 4.78 is 7.70. The van der Waals surface area contributed by atoms with Gasteiger partial charge in [0.1, 0.15) is 17.4 Å². The van der Waals surface area contributed by atoms with Crippen LogP contribution in [-0.4, -0.2) is 37.4 Å². The van der Waals surface area contributed by atoms with Crippen molar-refractivity contribution in [2.75, 3.05) is 6.61 Å². The van der Waals surface area contributed by atoms with Crippen molar-refractivity contribution < 1.29 is 14.4 Å². The molecule has 1 saturated carbocycles. The molecule has 3 aromatic rings. The summed E-state index contributed by atoms with van der Waals surface area (Å²) in [6.45, 7) is 8.48. The number of benzene rings is 1. The summed E-state index contributed by atoms with van der Waals surface area (Å²) in [4.78, 5) is 13.0. The van der Waals surface area contributed by atoms with Gasteiger partial charge in [-0.2, -0.15) is 0 Å². The Kier molecular flexibility index (Phi) is 9.25. The Balaban J connectivity index is 0.00000342. The molecule has 0 unspecified atom stereocenters. The van der Waals surface area contributed by atoms with Gasteiger partial charge in [0.2, 0.25) is 0 Å². The summed E-state index contributed by atoms with van der Waals surface area (Å²) in [6.07, 6.45) is 5.18. The fourth-order valence-electron chi connectivity index (χ4n) is 4.50. The maximum absolute atomic E-state index is 13.0. The highest BCUT2D eigenvalue weighted by Crippen LogP contribution is 2.41. The predicted octanol–water partition coefficient (Wildman–Crippen LogP) is 5.56. The summed E-state index contributed by atoms with van der Waals surface area (Å²) in [6, 6.07) is 8.46. The van der Waals surface area contributed by atoms with E-state index in [1.807, 2.05) is 25.1 Å². The van der Waals surface area contributed by atoms with Crippen LogP contribution < -0.4 is 0 Å². The van der Waals surface area contributed by atoms with E-state index in [1.54, 1.807) is 0 Å². The van der Waals surface area contributed by atoms with Crippen molar-refractivity contribution in [3.8, 4) is 11.5 Å². The lowest BCUT2D eigenvalue weighted by Crippen LogP contribution is -2.16. The Bertz CT molecular complexity index is 1130. The molecule has 0 spiro atoms. The van der Waals surface area contributed by atoms with Gasteiger partial charge in [0.25, 0.3) is 0 Å². The molecule has 7 nitrogen and oxygen atoms in total. The number of carbonyl (C=O) groups excluding carboxylic acids is 1. The number of halogens is 1. The van der Waals surface area contributed by atoms with Crippen LogP contribution in [0.15, 0.2) is 28.8 Å². The Morgan fingerprint density at radius 3 is 2.60 bits per heavy atom. The van der Waals surface area contributed by atoms with E-state index in [-0.39, 0.29) is 30.7 Å². The van der Waals surface area contributed by atoms with Crippen LogP contribution in [0, 0.1) is 19.8 Å². The molecule has 1 aromatic carbocycles. The van der Waals surface area contributed by atoms with Crippen LogP contribution in [-0.2, 0) is 17.6 Å². The molecule has 1 N–H and O–H groups in total. The fraction of sp³-hybridized carbons (Fsp3) is 0.556. The van der Waals surface area contributed by atoms with E-state index < -0.39 is 0 Å². The second-order valence-electron chi connectivity index (χ2n) is 10.2. The maximum Gasteiger partial charge on any atom is 0.186 e. The number of aliphatic hydroxyl groups is 1. The quantitative estimate of drug-likeness (QED) is 0.349. The van der Waals surface area contributed by atoms with Gasteiger partial charge in [-0.15, -0.1) is 22.6 Å². The Hall–Kier alpha value is -2.51. The van der Waals surface area contributed by atoms with Gasteiger partial charge < -0.3 is 14.2 Å². The smallest absolute Gasteiger partial charge is 0.186 e. The van der Waals surface area contributed by atoms with Gasteiger partial charge in [-0.3, -0.25) is 4.79 Å². The third kappa shape index (κ3) is 6.79. The maximum atomic E-state index is 13.0. The fourth-order valence-corrected chi connectivity index (χ4v) is 4.50. The van der Waals surface area contributed by atoms with E-state index in [9.17, 15) is 9.90 Å². The van der Waals surface area contributed by atoms with Crippen molar-refractivity contribution in [1.82, 2.24) is 19.9 Å². The van der Waals surface area contributed by atoms with E-state index in [1.165, 1.54) is 5.56 Å². The summed E-state index contributed by atoms with van der Waals surface area (Å²) in [5, 5.41) is 23.0. The molecule has 2 heterocycles. The minimum absolute atomic E-state index is 0. The first-order valence-electron chi connectivity index (χ1n) is 12.4. The zero-order valence-corrected chi connectivity index (χ0v) is 22.0. The lowest BCUT2D eigenvalue weighted by molar-refractivity contribution is -0.118. The first-order chi connectivity index (χ1) is 16.4. The van der Waals surface area contributed by atoms with Crippen molar-refractivity contribution in [1.29, 1.82) is 0 Å². The molecule has 0 aliphatic heterocycles. The molecule has 190 valence electrons. The number of hydrogen-bond donors (Lipinski definition) is 1. The average Bonchev–Trinajstić information content (AvgIpc) is 3.35. The summed E-state index contributed by atoms with van der Waals surface area (Å²) >= 11 is 0.